The second-order valence-electron chi connectivity index (χ2n) is 5.45. The highest BCUT2D eigenvalue weighted by Crippen LogP contribution is 2.26. The van der Waals surface area contributed by atoms with Gasteiger partial charge in [0, 0.05) is 23.1 Å². The van der Waals surface area contributed by atoms with E-state index in [9.17, 15) is 4.79 Å². The molecule has 2 amide bonds. The van der Waals surface area contributed by atoms with E-state index in [1.54, 1.807) is 0 Å². The first-order chi connectivity index (χ1) is 7.85. The van der Waals surface area contributed by atoms with Gasteiger partial charge in [0.1, 0.15) is 0 Å². The molecule has 1 aromatic carbocycles. The zero-order chi connectivity index (χ0) is 12.6. The zero-order valence-corrected chi connectivity index (χ0v) is 12.0. The Hall–Kier alpha value is -1.03. The minimum atomic E-state index is -0.188. The fraction of sp³-hybridized carbons (Fsp3) is 0.462. The molecule has 0 unspecified atom stereocenters. The lowest BCUT2D eigenvalue weighted by molar-refractivity contribution is 0.189. The van der Waals surface area contributed by atoms with Gasteiger partial charge < -0.3 is 10.2 Å². The summed E-state index contributed by atoms with van der Waals surface area (Å²) in [5.41, 5.74) is 2.27. The van der Waals surface area contributed by atoms with E-state index in [2.05, 4.69) is 33.4 Å². The predicted octanol–water partition coefficient (Wildman–Crippen LogP) is 3.27. The van der Waals surface area contributed by atoms with Crippen molar-refractivity contribution in [2.24, 2.45) is 0 Å². The van der Waals surface area contributed by atoms with Crippen molar-refractivity contribution >= 4 is 22.0 Å². The molecule has 2 rings (SSSR count). The molecule has 0 saturated carbocycles. The fourth-order valence-corrected chi connectivity index (χ4v) is 2.32. The molecule has 17 heavy (non-hydrogen) atoms. The van der Waals surface area contributed by atoms with Crippen LogP contribution >= 0.6 is 15.9 Å². The van der Waals surface area contributed by atoms with Gasteiger partial charge in [-0.1, -0.05) is 22.0 Å². The van der Waals surface area contributed by atoms with Crippen LogP contribution in [0.1, 0.15) is 31.9 Å². The van der Waals surface area contributed by atoms with Crippen molar-refractivity contribution in [3.05, 3.63) is 33.8 Å². The summed E-state index contributed by atoms with van der Waals surface area (Å²) in [6, 6.07) is 6.18. The van der Waals surface area contributed by atoms with Crippen molar-refractivity contribution in [3.63, 3.8) is 0 Å². The first-order valence-electron chi connectivity index (χ1n) is 5.69. The SMILES string of the molecule is CC(C)(C)NC(=O)N1Cc2ccc(Br)cc2C1. The zero-order valence-electron chi connectivity index (χ0n) is 10.4. The Morgan fingerprint density at radius 2 is 1.94 bits per heavy atom. The van der Waals surface area contributed by atoms with Crippen LogP contribution in [0.15, 0.2) is 22.7 Å². The van der Waals surface area contributed by atoms with E-state index in [1.165, 1.54) is 11.1 Å². The van der Waals surface area contributed by atoms with Gasteiger partial charge in [0.15, 0.2) is 0 Å². The number of carbonyl (C=O) groups excluding carboxylic acids is 1. The van der Waals surface area contributed by atoms with Crippen LogP contribution in [0.5, 0.6) is 0 Å². The molecule has 1 N–H and O–H groups in total. The Labute approximate surface area is 110 Å². The maximum Gasteiger partial charge on any atom is 0.318 e. The van der Waals surface area contributed by atoms with E-state index in [4.69, 9.17) is 0 Å². The number of hydrogen-bond donors (Lipinski definition) is 1. The Bertz CT molecular complexity index is 451. The summed E-state index contributed by atoms with van der Waals surface area (Å²) in [7, 11) is 0. The smallest absolute Gasteiger partial charge is 0.318 e. The van der Waals surface area contributed by atoms with Crippen molar-refractivity contribution < 1.29 is 4.79 Å². The van der Waals surface area contributed by atoms with Crippen molar-refractivity contribution in [3.8, 4) is 0 Å². The van der Waals surface area contributed by atoms with Crippen LogP contribution in [0.25, 0.3) is 0 Å². The molecule has 1 heterocycles. The van der Waals surface area contributed by atoms with E-state index < -0.39 is 0 Å². The number of benzene rings is 1. The highest BCUT2D eigenvalue weighted by molar-refractivity contribution is 9.10. The van der Waals surface area contributed by atoms with Crippen LogP contribution in [-0.2, 0) is 13.1 Å². The molecular weight excluding hydrogens is 280 g/mol. The maximum absolute atomic E-state index is 12.0. The third-order valence-corrected chi connectivity index (χ3v) is 3.15. The van der Waals surface area contributed by atoms with Gasteiger partial charge in [0.2, 0.25) is 0 Å². The molecule has 1 aliphatic heterocycles. The lowest BCUT2D eigenvalue weighted by Gasteiger charge is -2.25. The van der Waals surface area contributed by atoms with Gasteiger partial charge in [-0.25, -0.2) is 4.79 Å². The van der Waals surface area contributed by atoms with Crippen LogP contribution in [0.3, 0.4) is 0 Å². The van der Waals surface area contributed by atoms with Crippen molar-refractivity contribution in [1.82, 2.24) is 10.2 Å². The van der Waals surface area contributed by atoms with Crippen molar-refractivity contribution in [2.75, 3.05) is 0 Å². The third-order valence-electron chi connectivity index (χ3n) is 2.66. The van der Waals surface area contributed by atoms with Gasteiger partial charge in [0.25, 0.3) is 0 Å². The van der Waals surface area contributed by atoms with E-state index >= 15 is 0 Å². The van der Waals surface area contributed by atoms with Crippen LogP contribution in [0.4, 0.5) is 4.79 Å². The summed E-state index contributed by atoms with van der Waals surface area (Å²) in [6.45, 7) is 7.36. The van der Waals surface area contributed by atoms with Crippen LogP contribution in [0.2, 0.25) is 0 Å². The molecule has 4 heteroatoms. The van der Waals surface area contributed by atoms with Crippen LogP contribution in [0, 0.1) is 0 Å². The quantitative estimate of drug-likeness (QED) is 0.783. The molecule has 0 spiro atoms. The lowest BCUT2D eigenvalue weighted by Crippen LogP contribution is -2.46. The topological polar surface area (TPSA) is 32.3 Å². The molecule has 0 fully saturated rings. The summed E-state index contributed by atoms with van der Waals surface area (Å²) in [5, 5.41) is 2.99. The summed E-state index contributed by atoms with van der Waals surface area (Å²) >= 11 is 3.45. The van der Waals surface area contributed by atoms with Gasteiger partial charge in [0.05, 0.1) is 0 Å². The van der Waals surface area contributed by atoms with Gasteiger partial charge in [-0.15, -0.1) is 0 Å². The average molecular weight is 297 g/mol. The average Bonchev–Trinajstić information content (AvgIpc) is 2.57. The van der Waals surface area contributed by atoms with E-state index in [0.717, 1.165) is 4.47 Å². The van der Waals surface area contributed by atoms with Crippen LogP contribution < -0.4 is 5.32 Å². The summed E-state index contributed by atoms with van der Waals surface area (Å²) in [6.07, 6.45) is 0. The number of fused-ring (bicyclic) bond motifs is 1. The Morgan fingerprint density at radius 3 is 2.59 bits per heavy atom. The molecule has 92 valence electrons. The standard InChI is InChI=1S/C13H17BrN2O/c1-13(2,3)15-12(17)16-7-9-4-5-11(14)6-10(9)8-16/h4-6H,7-8H2,1-3H3,(H,15,17). The largest absolute Gasteiger partial charge is 0.333 e. The number of halogens is 1. The van der Waals surface area contributed by atoms with E-state index in [-0.39, 0.29) is 11.6 Å². The fourth-order valence-electron chi connectivity index (χ4n) is 1.91. The summed E-state index contributed by atoms with van der Waals surface area (Å²) < 4.78 is 1.06. The minimum Gasteiger partial charge on any atom is -0.333 e. The molecule has 0 atom stereocenters. The highest BCUT2D eigenvalue weighted by atomic mass is 79.9. The van der Waals surface area contributed by atoms with E-state index in [0.29, 0.717) is 13.1 Å². The molecule has 1 aromatic rings. The van der Waals surface area contributed by atoms with Crippen molar-refractivity contribution in [2.45, 2.75) is 39.4 Å². The molecule has 0 aromatic heterocycles. The van der Waals surface area contributed by atoms with Gasteiger partial charge in [-0.05, 0) is 44.0 Å². The number of urea groups is 1. The molecule has 1 aliphatic rings. The van der Waals surface area contributed by atoms with E-state index in [1.807, 2.05) is 31.7 Å². The summed E-state index contributed by atoms with van der Waals surface area (Å²) in [4.78, 5) is 13.9. The van der Waals surface area contributed by atoms with Gasteiger partial charge in [-0.3, -0.25) is 0 Å². The monoisotopic (exact) mass is 296 g/mol. The molecule has 0 radical (unpaired) electrons. The number of nitrogens with zero attached hydrogens (tertiary/aromatic N) is 1. The minimum absolute atomic E-state index is 0.00447. The second kappa shape index (κ2) is 4.33. The third kappa shape index (κ3) is 3.00. The molecule has 0 saturated heterocycles. The van der Waals surface area contributed by atoms with Gasteiger partial charge in [-0.2, -0.15) is 0 Å². The molecule has 0 aliphatic carbocycles. The Balaban J connectivity index is 2.07. The normalized spacial score (nSPS) is 14.7. The Morgan fingerprint density at radius 1 is 1.29 bits per heavy atom. The highest BCUT2D eigenvalue weighted by Gasteiger charge is 2.25. The Kier molecular flexibility index (Phi) is 3.17. The summed E-state index contributed by atoms with van der Waals surface area (Å²) in [5.74, 6) is 0. The molecular formula is C13H17BrN2O. The number of amides is 2. The number of nitrogens with one attached hydrogen (secondary N) is 1. The number of carbonyl (C=O) groups is 1. The first kappa shape index (κ1) is 12.4. The first-order valence-corrected chi connectivity index (χ1v) is 6.49. The number of hydrogen-bond acceptors (Lipinski definition) is 1. The molecule has 0 bridgehead atoms. The predicted molar refractivity (Wildman–Crippen MR) is 71.7 cm³/mol. The number of rotatable bonds is 0. The lowest BCUT2D eigenvalue weighted by atomic mass is 10.1. The van der Waals surface area contributed by atoms with Crippen LogP contribution in [-0.4, -0.2) is 16.5 Å². The van der Waals surface area contributed by atoms with Gasteiger partial charge >= 0.3 is 6.03 Å². The molecule has 3 nitrogen and oxygen atoms in total. The van der Waals surface area contributed by atoms with Crippen molar-refractivity contribution in [1.29, 1.82) is 0 Å². The maximum atomic E-state index is 12.0. The second-order valence-corrected chi connectivity index (χ2v) is 6.36.